The fourth-order valence-electron chi connectivity index (χ4n) is 3.15. The Bertz CT molecular complexity index is 512. The van der Waals surface area contributed by atoms with Crippen molar-refractivity contribution < 1.29 is 0 Å². The smallest absolute Gasteiger partial charge is 0.190 e. The van der Waals surface area contributed by atoms with Crippen LogP contribution < -0.4 is 10.6 Å². The maximum absolute atomic E-state index is 4.58. The molecule has 7 heteroatoms. The van der Waals surface area contributed by atoms with Crippen LogP contribution in [0.4, 0.5) is 0 Å². The van der Waals surface area contributed by atoms with Crippen LogP contribution in [0.15, 0.2) is 4.99 Å². The van der Waals surface area contributed by atoms with Gasteiger partial charge in [0.1, 0.15) is 0 Å². The molecular weight excluding hydrogens is 445 g/mol. The number of guanidine groups is 1. The zero-order chi connectivity index (χ0) is 17.4. The van der Waals surface area contributed by atoms with Gasteiger partial charge in [-0.2, -0.15) is 0 Å². The highest BCUT2D eigenvalue weighted by atomic mass is 127. The third-order valence-corrected chi connectivity index (χ3v) is 5.75. The Balaban J connectivity index is 0.00000312. The molecule has 2 N–H and O–H groups in total. The Morgan fingerprint density at radius 3 is 2.72 bits per heavy atom. The summed E-state index contributed by atoms with van der Waals surface area (Å²) in [6.07, 6.45) is 4.86. The van der Waals surface area contributed by atoms with Gasteiger partial charge in [-0.15, -0.1) is 35.3 Å². The minimum absolute atomic E-state index is 0. The molecule has 1 fully saturated rings. The molecule has 1 saturated heterocycles. The van der Waals surface area contributed by atoms with Gasteiger partial charge < -0.3 is 15.5 Å². The number of piperidine rings is 1. The van der Waals surface area contributed by atoms with Gasteiger partial charge in [0.2, 0.25) is 0 Å². The number of thiazole rings is 1. The Hall–Kier alpha value is -0.410. The van der Waals surface area contributed by atoms with Gasteiger partial charge in [0, 0.05) is 38.0 Å². The number of rotatable bonds is 7. The summed E-state index contributed by atoms with van der Waals surface area (Å²) in [6.45, 7) is 12.1. The van der Waals surface area contributed by atoms with Crippen LogP contribution in [0.1, 0.15) is 41.8 Å². The first kappa shape index (κ1) is 22.6. The van der Waals surface area contributed by atoms with Crippen LogP contribution in [0.5, 0.6) is 0 Å². The van der Waals surface area contributed by atoms with Crippen molar-refractivity contribution in [3.63, 3.8) is 0 Å². The number of halogens is 1. The predicted molar refractivity (Wildman–Crippen MR) is 120 cm³/mol. The van der Waals surface area contributed by atoms with Crippen molar-refractivity contribution >= 4 is 41.3 Å². The Kier molecular flexibility index (Phi) is 10.9. The van der Waals surface area contributed by atoms with Gasteiger partial charge in [-0.1, -0.05) is 6.92 Å². The molecule has 0 radical (unpaired) electrons. The number of aromatic nitrogens is 1. The summed E-state index contributed by atoms with van der Waals surface area (Å²) in [5.74, 6) is 1.76. The average Bonchev–Trinajstić information content (AvgIpc) is 2.88. The van der Waals surface area contributed by atoms with Gasteiger partial charge in [-0.05, 0) is 52.1 Å². The molecule has 144 valence electrons. The highest BCUT2D eigenvalue weighted by molar-refractivity contribution is 14.0. The van der Waals surface area contributed by atoms with E-state index in [0.29, 0.717) is 0 Å². The highest BCUT2D eigenvalue weighted by Gasteiger charge is 2.15. The summed E-state index contributed by atoms with van der Waals surface area (Å²) in [7, 11) is 1.83. The van der Waals surface area contributed by atoms with Crippen molar-refractivity contribution in [3.8, 4) is 0 Å². The van der Waals surface area contributed by atoms with Gasteiger partial charge in [-0.25, -0.2) is 4.98 Å². The van der Waals surface area contributed by atoms with Crippen LogP contribution in [0.3, 0.4) is 0 Å². The van der Waals surface area contributed by atoms with Gasteiger partial charge >= 0.3 is 0 Å². The van der Waals surface area contributed by atoms with Gasteiger partial charge in [0.15, 0.2) is 5.96 Å². The Labute approximate surface area is 174 Å². The van der Waals surface area contributed by atoms with Crippen molar-refractivity contribution in [2.45, 2.75) is 46.5 Å². The van der Waals surface area contributed by atoms with E-state index in [4.69, 9.17) is 0 Å². The number of hydrogen-bond acceptors (Lipinski definition) is 4. The highest BCUT2D eigenvalue weighted by Crippen LogP contribution is 2.16. The van der Waals surface area contributed by atoms with Gasteiger partial charge in [0.25, 0.3) is 0 Å². The van der Waals surface area contributed by atoms with E-state index >= 15 is 0 Å². The number of hydrogen-bond donors (Lipinski definition) is 2. The van der Waals surface area contributed by atoms with Crippen molar-refractivity contribution in [2.75, 3.05) is 39.8 Å². The summed E-state index contributed by atoms with van der Waals surface area (Å²) in [5.41, 5.74) is 1.16. The molecule has 0 saturated carbocycles. The minimum Gasteiger partial charge on any atom is -0.356 e. The molecule has 0 amide bonds. The van der Waals surface area contributed by atoms with E-state index in [1.54, 1.807) is 11.3 Å². The molecule has 1 unspecified atom stereocenters. The molecule has 0 aliphatic carbocycles. The van der Waals surface area contributed by atoms with Gasteiger partial charge in [-0.3, -0.25) is 4.99 Å². The SMILES string of the molecule is CN=C(NCCCN1CCCC(C)C1)NCCc1nc(C)c(C)s1.I. The molecule has 0 aromatic carbocycles. The number of likely N-dealkylation sites (tertiary alicyclic amines) is 1. The number of nitrogens with zero attached hydrogens (tertiary/aromatic N) is 3. The van der Waals surface area contributed by atoms with Crippen LogP contribution in [-0.4, -0.2) is 55.6 Å². The fraction of sp³-hybridized carbons (Fsp3) is 0.778. The summed E-state index contributed by atoms with van der Waals surface area (Å²) in [5, 5.41) is 8.00. The summed E-state index contributed by atoms with van der Waals surface area (Å²) in [6, 6.07) is 0. The minimum atomic E-state index is 0. The molecule has 2 heterocycles. The molecule has 2 rings (SSSR count). The van der Waals surface area contributed by atoms with E-state index in [1.807, 2.05) is 7.05 Å². The van der Waals surface area contributed by atoms with Crippen molar-refractivity contribution in [2.24, 2.45) is 10.9 Å². The molecule has 1 atom stereocenters. The zero-order valence-corrected chi connectivity index (χ0v) is 19.2. The van der Waals surface area contributed by atoms with E-state index in [9.17, 15) is 0 Å². The van der Waals surface area contributed by atoms with Crippen LogP contribution in [0.25, 0.3) is 0 Å². The molecular formula is C18H34IN5S. The largest absolute Gasteiger partial charge is 0.356 e. The van der Waals surface area contributed by atoms with Crippen LogP contribution in [0.2, 0.25) is 0 Å². The van der Waals surface area contributed by atoms with Crippen molar-refractivity contribution in [1.82, 2.24) is 20.5 Å². The van der Waals surface area contributed by atoms with Crippen LogP contribution in [0, 0.1) is 19.8 Å². The van der Waals surface area contributed by atoms with Crippen molar-refractivity contribution in [3.05, 3.63) is 15.6 Å². The summed E-state index contributed by atoms with van der Waals surface area (Å²) in [4.78, 5) is 12.8. The van der Waals surface area contributed by atoms with E-state index in [2.05, 4.69) is 46.3 Å². The maximum Gasteiger partial charge on any atom is 0.190 e. The first-order chi connectivity index (χ1) is 11.6. The lowest BCUT2D eigenvalue weighted by atomic mass is 10.0. The van der Waals surface area contributed by atoms with E-state index in [0.717, 1.165) is 43.5 Å². The molecule has 0 bridgehead atoms. The Morgan fingerprint density at radius 1 is 1.32 bits per heavy atom. The summed E-state index contributed by atoms with van der Waals surface area (Å²) < 4.78 is 0. The predicted octanol–water partition coefficient (Wildman–Crippen LogP) is 3.21. The topological polar surface area (TPSA) is 52.6 Å². The molecule has 1 aromatic rings. The quantitative estimate of drug-likeness (QED) is 0.273. The molecule has 25 heavy (non-hydrogen) atoms. The molecule has 1 aromatic heterocycles. The molecule has 1 aliphatic heterocycles. The van der Waals surface area contributed by atoms with Crippen LogP contribution in [-0.2, 0) is 6.42 Å². The number of aryl methyl sites for hydroxylation is 2. The third kappa shape index (κ3) is 8.21. The fourth-order valence-corrected chi connectivity index (χ4v) is 4.09. The average molecular weight is 479 g/mol. The standard InChI is InChI=1S/C18H33N5S.HI/c1-14-7-5-11-23(13-14)12-6-9-20-18(19-4)21-10-8-17-22-15(2)16(3)24-17;/h14H,5-13H2,1-4H3,(H2,19,20,21);1H. The lowest BCUT2D eigenvalue weighted by Gasteiger charge is -2.30. The lowest BCUT2D eigenvalue weighted by molar-refractivity contribution is 0.182. The second kappa shape index (κ2) is 12.1. The second-order valence-corrected chi connectivity index (χ2v) is 8.11. The summed E-state index contributed by atoms with van der Waals surface area (Å²) >= 11 is 1.79. The second-order valence-electron chi connectivity index (χ2n) is 6.83. The van der Waals surface area contributed by atoms with Crippen LogP contribution >= 0.6 is 35.3 Å². The monoisotopic (exact) mass is 479 g/mol. The third-order valence-electron chi connectivity index (χ3n) is 4.61. The first-order valence-corrected chi connectivity index (χ1v) is 10.00. The zero-order valence-electron chi connectivity index (χ0n) is 16.1. The normalized spacial score (nSPS) is 18.7. The molecule has 5 nitrogen and oxygen atoms in total. The van der Waals surface area contributed by atoms with E-state index in [1.165, 1.54) is 42.4 Å². The van der Waals surface area contributed by atoms with E-state index < -0.39 is 0 Å². The molecule has 0 spiro atoms. The number of nitrogens with one attached hydrogen (secondary N) is 2. The maximum atomic E-state index is 4.58. The van der Waals surface area contributed by atoms with Crippen molar-refractivity contribution in [1.29, 1.82) is 0 Å². The molecule has 1 aliphatic rings. The lowest BCUT2D eigenvalue weighted by Crippen LogP contribution is -2.40. The first-order valence-electron chi connectivity index (χ1n) is 9.18. The number of aliphatic imine (C=N–C) groups is 1. The van der Waals surface area contributed by atoms with Gasteiger partial charge in [0.05, 0.1) is 10.7 Å². The Morgan fingerprint density at radius 2 is 2.08 bits per heavy atom. The van der Waals surface area contributed by atoms with E-state index in [-0.39, 0.29) is 24.0 Å².